The molecule has 8 aromatic rings. The van der Waals surface area contributed by atoms with Crippen molar-refractivity contribution in [3.05, 3.63) is 168 Å². The maximum atomic E-state index is 13.7. The predicted molar refractivity (Wildman–Crippen MR) is 299 cm³/mol. The van der Waals surface area contributed by atoms with Crippen LogP contribution in [0, 0.1) is 16.6 Å². The highest BCUT2D eigenvalue weighted by Crippen LogP contribution is 2.41. The lowest BCUT2D eigenvalue weighted by molar-refractivity contribution is -0.133. The standard InChI is InChI=1S/C30H32FN5O3.C30H33N5O3/c1-38-25-16-23-24(17-26(25)39-2)34-29(35-27(23)32)36-14-12-30(13-15-36,18-20-8-10-22(31)11-9-20)28(37)33-19-21-6-4-3-5-7-21;1-37-25-17-23-24(18-26(25)38-2)33-29(34-27(23)31)35-15-13-30(14-16-35,19-21-9-5-3-6-10-21)28(36)32-20-22-11-7-4-8-12-22/h3-11,16-17H,12-15,18-19H2,1-2H3,(H,33,37)(H2,32,34,35);3-12,17-18H,13-16,19-20H2,1-2H3,(H,32,36)(H2,31,33,34). The molecule has 2 fully saturated rings. The van der Waals surface area contributed by atoms with Gasteiger partial charge in [0.1, 0.15) is 17.5 Å². The second-order valence-electron chi connectivity index (χ2n) is 19.6. The molecule has 0 saturated carbocycles. The second-order valence-corrected chi connectivity index (χ2v) is 19.6. The smallest absolute Gasteiger partial charge is 0.227 e. The van der Waals surface area contributed by atoms with Crippen LogP contribution in [0.1, 0.15) is 47.9 Å². The van der Waals surface area contributed by atoms with Crippen LogP contribution < -0.4 is 50.8 Å². The van der Waals surface area contributed by atoms with Gasteiger partial charge in [0.2, 0.25) is 23.7 Å². The number of nitrogens with zero attached hydrogens (tertiary/aromatic N) is 6. The first-order chi connectivity index (χ1) is 37.4. The van der Waals surface area contributed by atoms with Crippen molar-refractivity contribution >= 4 is 57.2 Å². The summed E-state index contributed by atoms with van der Waals surface area (Å²) in [4.78, 5) is 50.3. The number of carbonyl (C=O) groups is 2. The van der Waals surface area contributed by atoms with Crippen LogP contribution in [-0.4, -0.2) is 86.4 Å². The van der Waals surface area contributed by atoms with Gasteiger partial charge in [0.15, 0.2) is 23.0 Å². The largest absolute Gasteiger partial charge is 0.493 e. The van der Waals surface area contributed by atoms with E-state index in [4.69, 9.17) is 40.4 Å². The highest BCUT2D eigenvalue weighted by molar-refractivity contribution is 5.93. The number of ether oxygens (including phenoxy) is 4. The minimum absolute atomic E-state index is 0.00824. The number of fused-ring (bicyclic) bond motifs is 2. The summed E-state index contributed by atoms with van der Waals surface area (Å²) in [5, 5.41) is 7.74. The van der Waals surface area contributed by atoms with E-state index in [1.807, 2.05) is 84.9 Å². The number of carbonyl (C=O) groups excluding carboxylic acids is 2. The summed E-state index contributed by atoms with van der Waals surface area (Å²) in [5.74, 6) is 3.84. The third-order valence-corrected chi connectivity index (χ3v) is 14.8. The molecule has 6 N–H and O–H groups in total. The topological polar surface area (TPSA) is 205 Å². The van der Waals surface area contributed by atoms with Crippen LogP contribution in [0.25, 0.3) is 21.8 Å². The molecule has 398 valence electrons. The molecule has 0 aliphatic carbocycles. The molecule has 17 heteroatoms. The average molecular weight is 1040 g/mol. The van der Waals surface area contributed by atoms with Crippen LogP contribution in [-0.2, 0) is 35.5 Å². The Balaban J connectivity index is 0.000000188. The van der Waals surface area contributed by atoms with E-state index in [0.717, 1.165) is 22.3 Å². The van der Waals surface area contributed by atoms with E-state index in [0.29, 0.717) is 146 Å². The van der Waals surface area contributed by atoms with Crippen molar-refractivity contribution in [3.8, 4) is 23.0 Å². The summed E-state index contributed by atoms with van der Waals surface area (Å²) >= 11 is 0. The van der Waals surface area contributed by atoms with Crippen molar-refractivity contribution in [1.82, 2.24) is 30.6 Å². The molecule has 2 aromatic heterocycles. The monoisotopic (exact) mass is 1040 g/mol. The van der Waals surface area contributed by atoms with Gasteiger partial charge in [0, 0.05) is 62.2 Å². The van der Waals surface area contributed by atoms with Crippen LogP contribution in [0.4, 0.5) is 27.9 Å². The maximum absolute atomic E-state index is 13.7. The second kappa shape index (κ2) is 23.9. The minimum atomic E-state index is -0.651. The van der Waals surface area contributed by atoms with Crippen LogP contribution in [0.3, 0.4) is 0 Å². The van der Waals surface area contributed by atoms with E-state index < -0.39 is 10.8 Å². The fourth-order valence-corrected chi connectivity index (χ4v) is 10.4. The zero-order valence-corrected chi connectivity index (χ0v) is 43.9. The summed E-state index contributed by atoms with van der Waals surface area (Å²) in [6, 6.07) is 43.6. The lowest BCUT2D eigenvalue weighted by Crippen LogP contribution is -2.50. The number of anilines is 4. The minimum Gasteiger partial charge on any atom is -0.493 e. The molecule has 0 bridgehead atoms. The van der Waals surface area contributed by atoms with E-state index in [1.54, 1.807) is 58.8 Å². The number of halogens is 1. The Bertz CT molecular complexity index is 3300. The van der Waals surface area contributed by atoms with Crippen LogP contribution in [0.15, 0.2) is 140 Å². The predicted octanol–water partition coefficient (Wildman–Crippen LogP) is 8.89. The summed E-state index contributed by atoms with van der Waals surface area (Å²) in [7, 11) is 6.32. The Labute approximate surface area is 447 Å². The van der Waals surface area contributed by atoms with Crippen molar-refractivity contribution in [2.75, 3.05) is 75.9 Å². The van der Waals surface area contributed by atoms with Gasteiger partial charge in [0.05, 0.1) is 50.3 Å². The number of nitrogens with one attached hydrogen (secondary N) is 2. The molecule has 0 spiro atoms. The fraction of sp³-hybridized carbons (Fsp3) is 0.300. The quantitative estimate of drug-likeness (QED) is 0.0714. The number of piperidine rings is 2. The Hall–Kier alpha value is -8.73. The van der Waals surface area contributed by atoms with Gasteiger partial charge in [-0.05, 0) is 85.0 Å². The number of hydrogen-bond donors (Lipinski definition) is 4. The Kier molecular flexibility index (Phi) is 16.5. The zero-order valence-electron chi connectivity index (χ0n) is 43.9. The lowest BCUT2D eigenvalue weighted by atomic mass is 9.73. The normalized spacial score (nSPS) is 14.7. The van der Waals surface area contributed by atoms with Gasteiger partial charge in [-0.2, -0.15) is 9.97 Å². The first kappa shape index (κ1) is 53.1. The molecule has 0 unspecified atom stereocenters. The van der Waals surface area contributed by atoms with E-state index in [-0.39, 0.29) is 17.6 Å². The van der Waals surface area contributed by atoms with Gasteiger partial charge in [-0.15, -0.1) is 0 Å². The molecule has 0 radical (unpaired) electrons. The number of benzene rings is 6. The molecule has 2 saturated heterocycles. The van der Waals surface area contributed by atoms with E-state index in [2.05, 4.69) is 42.5 Å². The Morgan fingerprint density at radius 3 is 1.19 bits per heavy atom. The van der Waals surface area contributed by atoms with Gasteiger partial charge in [-0.25, -0.2) is 14.4 Å². The molecule has 2 amide bonds. The van der Waals surface area contributed by atoms with Crippen molar-refractivity contribution < 1.29 is 32.9 Å². The summed E-state index contributed by atoms with van der Waals surface area (Å²) in [6.07, 6.45) is 3.71. The molecule has 2 aliphatic heterocycles. The average Bonchev–Trinajstić information content (AvgIpc) is 3.50. The molecule has 16 nitrogen and oxygen atoms in total. The number of aromatic nitrogens is 4. The number of nitrogen functional groups attached to an aromatic ring is 2. The third-order valence-electron chi connectivity index (χ3n) is 14.8. The van der Waals surface area contributed by atoms with Gasteiger partial charge >= 0.3 is 0 Å². The maximum Gasteiger partial charge on any atom is 0.227 e. The van der Waals surface area contributed by atoms with Crippen molar-refractivity contribution in [2.24, 2.45) is 10.8 Å². The van der Waals surface area contributed by atoms with Crippen LogP contribution in [0.5, 0.6) is 23.0 Å². The highest BCUT2D eigenvalue weighted by atomic mass is 19.1. The van der Waals surface area contributed by atoms with E-state index in [1.165, 1.54) is 12.1 Å². The van der Waals surface area contributed by atoms with Gasteiger partial charge < -0.3 is 50.8 Å². The fourth-order valence-electron chi connectivity index (χ4n) is 10.4. The van der Waals surface area contributed by atoms with Crippen LogP contribution in [0.2, 0.25) is 0 Å². The van der Waals surface area contributed by atoms with Gasteiger partial charge in [0.25, 0.3) is 0 Å². The number of methoxy groups -OCH3 is 4. The zero-order chi connectivity index (χ0) is 53.9. The molecule has 2 aliphatic rings. The van der Waals surface area contributed by atoms with Crippen molar-refractivity contribution in [1.29, 1.82) is 0 Å². The molecular weight excluding hydrogens is 976 g/mol. The van der Waals surface area contributed by atoms with Gasteiger partial charge in [-0.1, -0.05) is 103 Å². The summed E-state index contributed by atoms with van der Waals surface area (Å²) in [5.41, 5.74) is 17.0. The van der Waals surface area contributed by atoms with Gasteiger partial charge in [-0.3, -0.25) is 9.59 Å². The molecule has 0 atom stereocenters. The number of rotatable bonds is 16. The lowest BCUT2D eigenvalue weighted by Gasteiger charge is -2.41. The molecular formula is C60H65FN10O6. The van der Waals surface area contributed by atoms with Crippen molar-refractivity contribution in [3.63, 3.8) is 0 Å². The molecule has 6 aromatic carbocycles. The first-order valence-electron chi connectivity index (χ1n) is 25.7. The number of hydrogen-bond acceptors (Lipinski definition) is 14. The number of amides is 2. The first-order valence-corrected chi connectivity index (χ1v) is 25.7. The van der Waals surface area contributed by atoms with Crippen molar-refractivity contribution in [2.45, 2.75) is 51.6 Å². The Morgan fingerprint density at radius 2 is 0.831 bits per heavy atom. The summed E-state index contributed by atoms with van der Waals surface area (Å²) in [6.45, 7) is 3.38. The third kappa shape index (κ3) is 12.2. The Morgan fingerprint density at radius 1 is 0.494 bits per heavy atom. The molecule has 77 heavy (non-hydrogen) atoms. The highest BCUT2D eigenvalue weighted by Gasteiger charge is 2.43. The SMILES string of the molecule is COc1cc2nc(N3CCC(Cc4ccc(F)cc4)(C(=O)NCc4ccccc4)CC3)nc(N)c2cc1OC.COc1cc2nc(N3CCC(Cc4ccccc4)(C(=O)NCc4ccccc4)CC3)nc(N)c2cc1OC. The summed E-state index contributed by atoms with van der Waals surface area (Å²) < 4.78 is 35.3. The molecule has 4 heterocycles. The van der Waals surface area contributed by atoms with Crippen LogP contribution >= 0.6 is 0 Å². The molecule has 10 rings (SSSR count). The van der Waals surface area contributed by atoms with E-state index in [9.17, 15) is 14.0 Å². The van der Waals surface area contributed by atoms with E-state index >= 15 is 0 Å². The number of nitrogens with two attached hydrogens (primary N) is 2.